The summed E-state index contributed by atoms with van der Waals surface area (Å²) in [4.78, 5) is 0. The maximum absolute atomic E-state index is 11.4. The molecule has 0 amide bonds. The predicted octanol–water partition coefficient (Wildman–Crippen LogP) is 2.32. The molecule has 0 spiro atoms. The second-order valence-electron chi connectivity index (χ2n) is 4.51. The third-order valence-electron chi connectivity index (χ3n) is 3.21. The molecule has 1 heterocycles. The second-order valence-corrected chi connectivity index (χ2v) is 6.97. The third-order valence-corrected chi connectivity index (χ3v) is 4.36. The Morgan fingerprint density at radius 1 is 1.20 bits per heavy atom. The molecule has 0 radical (unpaired) electrons. The van der Waals surface area contributed by atoms with E-state index in [1.807, 2.05) is 19.1 Å². The first-order valence-electron chi connectivity index (χ1n) is 6.34. The molecule has 0 aliphatic carbocycles. The van der Waals surface area contributed by atoms with Gasteiger partial charge in [0.1, 0.15) is 5.82 Å². The maximum atomic E-state index is 11.4. The number of hydrogen-bond donors (Lipinski definition) is 0. The Morgan fingerprint density at radius 2 is 1.90 bits per heavy atom. The summed E-state index contributed by atoms with van der Waals surface area (Å²) in [6.45, 7) is 4.36. The van der Waals surface area contributed by atoms with Gasteiger partial charge in [-0.15, -0.1) is 10.2 Å². The molecule has 0 aliphatic heterocycles. The maximum Gasteiger partial charge on any atom is 0.296 e. The molecule has 108 valence electrons. The third kappa shape index (κ3) is 3.19. The highest BCUT2D eigenvalue weighted by molar-refractivity contribution is 8.13. The van der Waals surface area contributed by atoms with E-state index in [-0.39, 0.29) is 5.16 Å². The van der Waals surface area contributed by atoms with E-state index in [2.05, 4.69) is 29.3 Å². The summed E-state index contributed by atoms with van der Waals surface area (Å²) in [7, 11) is 1.49. The van der Waals surface area contributed by atoms with Gasteiger partial charge < -0.3 is 4.57 Å². The monoisotopic (exact) mass is 313 g/mol. The van der Waals surface area contributed by atoms with E-state index >= 15 is 0 Å². The Labute approximate surface area is 123 Å². The zero-order chi connectivity index (χ0) is 14.8. The minimum absolute atomic E-state index is 0.179. The molecule has 0 saturated heterocycles. The van der Waals surface area contributed by atoms with Crippen LogP contribution in [-0.4, -0.2) is 23.2 Å². The van der Waals surface area contributed by atoms with Gasteiger partial charge in [0.25, 0.3) is 14.2 Å². The molecule has 0 N–H and O–H groups in total. The van der Waals surface area contributed by atoms with E-state index in [0.29, 0.717) is 18.8 Å². The second kappa shape index (κ2) is 5.93. The molecule has 1 aromatic heterocycles. The lowest BCUT2D eigenvalue weighted by atomic mass is 10.0. The fraction of sp³-hybridized carbons (Fsp3) is 0.385. The summed E-state index contributed by atoms with van der Waals surface area (Å²) < 4.78 is 24.3. The van der Waals surface area contributed by atoms with Crippen molar-refractivity contribution in [2.75, 3.05) is 0 Å². The number of aromatic nitrogens is 3. The molecule has 0 saturated carbocycles. The molecule has 1 aromatic carbocycles. The van der Waals surface area contributed by atoms with Crippen LogP contribution in [0.1, 0.15) is 23.9 Å². The van der Waals surface area contributed by atoms with Crippen LogP contribution in [0.15, 0.2) is 29.4 Å². The standard InChI is InChI=1S/C13H16ClN3O2S/c1-3-17-12(15-16-13(17)20(14,18)19)9-8-11-7-5-4-6-10(11)2/h4-7H,3,8-9H2,1-2H3. The summed E-state index contributed by atoms with van der Waals surface area (Å²) in [5.74, 6) is 0.634. The number of halogens is 1. The Bertz CT molecular complexity index is 710. The first-order valence-corrected chi connectivity index (χ1v) is 8.65. The van der Waals surface area contributed by atoms with Gasteiger partial charge in [-0.1, -0.05) is 24.3 Å². The van der Waals surface area contributed by atoms with Crippen molar-refractivity contribution in [3.8, 4) is 0 Å². The zero-order valence-corrected chi connectivity index (χ0v) is 12.9. The molecule has 0 unspecified atom stereocenters. The Morgan fingerprint density at radius 3 is 2.50 bits per heavy atom. The minimum atomic E-state index is -3.85. The van der Waals surface area contributed by atoms with Gasteiger partial charge >= 0.3 is 0 Å². The van der Waals surface area contributed by atoms with Gasteiger partial charge in [0.2, 0.25) is 0 Å². The largest absolute Gasteiger partial charge is 0.301 e. The van der Waals surface area contributed by atoms with E-state index in [4.69, 9.17) is 10.7 Å². The molecule has 2 rings (SSSR count). The highest BCUT2D eigenvalue weighted by Gasteiger charge is 2.21. The molecule has 2 aromatic rings. The van der Waals surface area contributed by atoms with E-state index in [9.17, 15) is 8.42 Å². The lowest BCUT2D eigenvalue weighted by Crippen LogP contribution is -2.09. The predicted molar refractivity (Wildman–Crippen MR) is 77.3 cm³/mol. The lowest BCUT2D eigenvalue weighted by Gasteiger charge is -2.07. The first kappa shape index (κ1) is 15.0. The van der Waals surface area contributed by atoms with Gasteiger partial charge in [0, 0.05) is 23.6 Å². The molecule has 0 aliphatic rings. The summed E-state index contributed by atoms with van der Waals surface area (Å²) in [6, 6.07) is 8.09. The Balaban J connectivity index is 2.23. The van der Waals surface area contributed by atoms with Crippen molar-refractivity contribution in [3.05, 3.63) is 41.2 Å². The molecule has 7 heteroatoms. The van der Waals surface area contributed by atoms with Crippen molar-refractivity contribution in [1.82, 2.24) is 14.8 Å². The normalized spacial score (nSPS) is 11.8. The fourth-order valence-corrected chi connectivity index (χ4v) is 3.12. The Hall–Kier alpha value is -1.40. The quantitative estimate of drug-likeness (QED) is 0.795. The summed E-state index contributed by atoms with van der Waals surface area (Å²) in [5.41, 5.74) is 2.42. The van der Waals surface area contributed by atoms with Gasteiger partial charge in [0.15, 0.2) is 0 Å². The van der Waals surface area contributed by atoms with Crippen LogP contribution in [0.3, 0.4) is 0 Å². The zero-order valence-electron chi connectivity index (χ0n) is 11.4. The van der Waals surface area contributed by atoms with Crippen LogP contribution in [0.2, 0.25) is 0 Å². The summed E-state index contributed by atoms with van der Waals surface area (Å²) in [5, 5.41) is 7.45. The van der Waals surface area contributed by atoms with Crippen LogP contribution in [0.4, 0.5) is 0 Å². The minimum Gasteiger partial charge on any atom is -0.301 e. The van der Waals surface area contributed by atoms with E-state index in [1.54, 1.807) is 4.57 Å². The smallest absolute Gasteiger partial charge is 0.296 e. The average molecular weight is 314 g/mol. The van der Waals surface area contributed by atoms with Gasteiger partial charge in [-0.3, -0.25) is 0 Å². The van der Waals surface area contributed by atoms with Gasteiger partial charge in [-0.2, -0.15) is 0 Å². The summed E-state index contributed by atoms with van der Waals surface area (Å²) >= 11 is 0. The number of hydrogen-bond acceptors (Lipinski definition) is 4. The van der Waals surface area contributed by atoms with Crippen LogP contribution >= 0.6 is 10.7 Å². The van der Waals surface area contributed by atoms with Crippen LogP contribution in [-0.2, 0) is 28.4 Å². The van der Waals surface area contributed by atoms with Gasteiger partial charge in [0.05, 0.1) is 0 Å². The number of benzene rings is 1. The highest BCUT2D eigenvalue weighted by Crippen LogP contribution is 2.16. The van der Waals surface area contributed by atoms with Crippen LogP contribution in [0.25, 0.3) is 0 Å². The average Bonchev–Trinajstić information content (AvgIpc) is 2.80. The number of aryl methyl sites for hydroxylation is 3. The van der Waals surface area contributed by atoms with Crippen LogP contribution in [0.5, 0.6) is 0 Å². The van der Waals surface area contributed by atoms with Gasteiger partial charge in [-0.05, 0) is 31.4 Å². The molecular formula is C13H16ClN3O2S. The molecule has 0 bridgehead atoms. The summed E-state index contributed by atoms with van der Waals surface area (Å²) in [6.07, 6.45) is 1.41. The van der Waals surface area contributed by atoms with Crippen LogP contribution in [0, 0.1) is 6.92 Å². The van der Waals surface area contributed by atoms with Crippen molar-refractivity contribution < 1.29 is 8.42 Å². The highest BCUT2D eigenvalue weighted by atomic mass is 35.7. The van der Waals surface area contributed by atoms with E-state index in [1.165, 1.54) is 11.1 Å². The van der Waals surface area contributed by atoms with Crippen molar-refractivity contribution in [1.29, 1.82) is 0 Å². The molecular weight excluding hydrogens is 298 g/mol. The Kier molecular flexibility index (Phi) is 4.45. The molecule has 5 nitrogen and oxygen atoms in total. The van der Waals surface area contributed by atoms with Gasteiger partial charge in [-0.25, -0.2) is 8.42 Å². The van der Waals surface area contributed by atoms with Crippen molar-refractivity contribution in [2.45, 2.75) is 38.4 Å². The van der Waals surface area contributed by atoms with Crippen molar-refractivity contribution in [3.63, 3.8) is 0 Å². The molecule has 0 atom stereocenters. The SMILES string of the molecule is CCn1c(CCc2ccccc2C)nnc1S(=O)(=O)Cl. The topological polar surface area (TPSA) is 64.8 Å². The molecule has 0 fully saturated rings. The van der Waals surface area contributed by atoms with Crippen molar-refractivity contribution in [2.24, 2.45) is 0 Å². The molecule has 20 heavy (non-hydrogen) atoms. The van der Waals surface area contributed by atoms with Crippen molar-refractivity contribution >= 4 is 19.7 Å². The first-order chi connectivity index (χ1) is 9.43. The van der Waals surface area contributed by atoms with Crippen LogP contribution < -0.4 is 0 Å². The van der Waals surface area contributed by atoms with E-state index in [0.717, 1.165) is 6.42 Å². The van der Waals surface area contributed by atoms with E-state index < -0.39 is 9.05 Å². The lowest BCUT2D eigenvalue weighted by molar-refractivity contribution is 0.574. The fourth-order valence-electron chi connectivity index (χ4n) is 2.14. The number of nitrogens with zero attached hydrogens (tertiary/aromatic N) is 3. The number of rotatable bonds is 5.